The van der Waals surface area contributed by atoms with Crippen LogP contribution in [0.15, 0.2) is 18.2 Å². The number of nitrogens with one attached hydrogen (secondary N) is 2. The standard InChI is InChI=1S/C24H31N3O2/c1-16(2)13-21-19-8-6-5-7-18(19)20(15-25)24(27-21)26-12-11-17-9-10-22(28-3)23(14-17)29-4/h9-10,14,16H,5-8,11-13H2,1-4H3,(H,26,27)/p+1. The van der Waals surface area contributed by atoms with E-state index in [2.05, 4.69) is 36.3 Å². The number of pyridine rings is 1. The van der Waals surface area contributed by atoms with Crippen molar-refractivity contribution < 1.29 is 14.5 Å². The van der Waals surface area contributed by atoms with Crippen molar-refractivity contribution in [3.63, 3.8) is 0 Å². The fourth-order valence-corrected chi connectivity index (χ4v) is 4.16. The maximum Gasteiger partial charge on any atom is 0.290 e. The van der Waals surface area contributed by atoms with Gasteiger partial charge in [-0.1, -0.05) is 19.9 Å². The van der Waals surface area contributed by atoms with Crippen molar-refractivity contribution in [2.45, 2.75) is 52.4 Å². The Morgan fingerprint density at radius 1 is 1.10 bits per heavy atom. The number of methoxy groups -OCH3 is 2. The quantitative estimate of drug-likeness (QED) is 0.731. The summed E-state index contributed by atoms with van der Waals surface area (Å²) in [5, 5.41) is 13.3. The molecule has 154 valence electrons. The van der Waals surface area contributed by atoms with Crippen LogP contribution in [-0.4, -0.2) is 20.8 Å². The molecule has 1 aromatic heterocycles. The van der Waals surface area contributed by atoms with Crippen LogP contribution in [0.3, 0.4) is 0 Å². The number of nitriles is 1. The van der Waals surface area contributed by atoms with Gasteiger partial charge in [0.2, 0.25) is 0 Å². The van der Waals surface area contributed by atoms with Crippen molar-refractivity contribution in [1.29, 1.82) is 5.26 Å². The highest BCUT2D eigenvalue weighted by Crippen LogP contribution is 2.30. The summed E-state index contributed by atoms with van der Waals surface area (Å²) in [6.07, 6.45) is 6.30. The van der Waals surface area contributed by atoms with Gasteiger partial charge in [0.05, 0.1) is 20.8 Å². The molecule has 0 spiro atoms. The van der Waals surface area contributed by atoms with E-state index in [9.17, 15) is 5.26 Å². The molecule has 0 fully saturated rings. The first-order valence-electron chi connectivity index (χ1n) is 10.5. The zero-order chi connectivity index (χ0) is 20.8. The predicted octanol–water partition coefficient (Wildman–Crippen LogP) is 4.12. The molecular weight excluding hydrogens is 362 g/mol. The predicted molar refractivity (Wildman–Crippen MR) is 115 cm³/mol. The minimum atomic E-state index is 0.574. The summed E-state index contributed by atoms with van der Waals surface area (Å²) in [6, 6.07) is 8.44. The van der Waals surface area contributed by atoms with E-state index in [1.165, 1.54) is 23.2 Å². The lowest BCUT2D eigenvalue weighted by molar-refractivity contribution is -0.375. The van der Waals surface area contributed by atoms with Crippen LogP contribution in [-0.2, 0) is 25.7 Å². The Hall–Kier alpha value is -2.74. The Labute approximate surface area is 174 Å². The number of fused-ring (bicyclic) bond motifs is 1. The summed E-state index contributed by atoms with van der Waals surface area (Å²) in [7, 11) is 3.29. The van der Waals surface area contributed by atoms with E-state index in [-0.39, 0.29) is 0 Å². The van der Waals surface area contributed by atoms with E-state index in [1.807, 2.05) is 12.1 Å². The third-order valence-electron chi connectivity index (χ3n) is 5.55. The molecule has 5 heteroatoms. The number of hydrogen-bond acceptors (Lipinski definition) is 4. The molecule has 1 aliphatic carbocycles. The smallest absolute Gasteiger partial charge is 0.290 e. The number of rotatable bonds is 8. The number of H-pyrrole nitrogens is 1. The zero-order valence-corrected chi connectivity index (χ0v) is 18.0. The van der Waals surface area contributed by atoms with E-state index < -0.39 is 0 Å². The van der Waals surface area contributed by atoms with E-state index in [0.29, 0.717) is 5.92 Å². The number of nitrogens with zero attached hydrogens (tertiary/aromatic N) is 1. The molecule has 0 bridgehead atoms. The van der Waals surface area contributed by atoms with Crippen LogP contribution in [0.4, 0.5) is 5.82 Å². The third-order valence-corrected chi connectivity index (χ3v) is 5.55. The average molecular weight is 395 g/mol. The number of benzene rings is 1. The van der Waals surface area contributed by atoms with Gasteiger partial charge in [0.25, 0.3) is 5.82 Å². The minimum absolute atomic E-state index is 0.574. The van der Waals surface area contributed by atoms with Crippen LogP contribution in [0.2, 0.25) is 0 Å². The van der Waals surface area contributed by atoms with E-state index >= 15 is 0 Å². The lowest BCUT2D eigenvalue weighted by atomic mass is 9.86. The van der Waals surface area contributed by atoms with Gasteiger partial charge in [0, 0.05) is 12.8 Å². The van der Waals surface area contributed by atoms with E-state index in [1.54, 1.807) is 14.2 Å². The first-order valence-corrected chi connectivity index (χ1v) is 10.5. The van der Waals surface area contributed by atoms with Crippen LogP contribution >= 0.6 is 0 Å². The van der Waals surface area contributed by atoms with Crippen LogP contribution in [0.5, 0.6) is 11.5 Å². The van der Waals surface area contributed by atoms with Gasteiger partial charge in [-0.15, -0.1) is 0 Å². The van der Waals surface area contributed by atoms with Crippen LogP contribution < -0.4 is 19.8 Å². The molecule has 29 heavy (non-hydrogen) atoms. The Kier molecular flexibility index (Phi) is 6.98. The van der Waals surface area contributed by atoms with Crippen molar-refractivity contribution in [2.24, 2.45) is 5.92 Å². The van der Waals surface area contributed by atoms with Gasteiger partial charge in [-0.2, -0.15) is 5.26 Å². The van der Waals surface area contributed by atoms with E-state index in [0.717, 1.165) is 67.1 Å². The molecule has 2 N–H and O–H groups in total. The molecule has 0 atom stereocenters. The number of hydrogen-bond donors (Lipinski definition) is 1. The first-order chi connectivity index (χ1) is 14.1. The fraction of sp³-hybridized carbons (Fsp3) is 0.500. The SMILES string of the molecule is COc1ccc(CCNc2[nH+]c(CC(C)C)c3c(c2C#N)CCCC3)cc1OC. The Bertz CT molecular complexity index is 900. The molecule has 0 unspecified atom stereocenters. The Morgan fingerprint density at radius 2 is 1.83 bits per heavy atom. The van der Waals surface area contributed by atoms with Crippen molar-refractivity contribution >= 4 is 5.82 Å². The lowest BCUT2D eigenvalue weighted by Crippen LogP contribution is -2.27. The largest absolute Gasteiger partial charge is 0.493 e. The molecule has 0 saturated carbocycles. The summed E-state index contributed by atoms with van der Waals surface area (Å²) in [5.41, 5.74) is 5.88. The van der Waals surface area contributed by atoms with Gasteiger partial charge >= 0.3 is 0 Å². The molecule has 1 aromatic carbocycles. The van der Waals surface area contributed by atoms with Crippen LogP contribution in [0.25, 0.3) is 0 Å². The summed E-state index contributed by atoms with van der Waals surface area (Å²) in [6.45, 7) is 5.22. The van der Waals surface area contributed by atoms with E-state index in [4.69, 9.17) is 9.47 Å². The second-order valence-corrected chi connectivity index (χ2v) is 8.09. The summed E-state index contributed by atoms with van der Waals surface area (Å²) in [5.74, 6) is 2.91. The minimum Gasteiger partial charge on any atom is -0.493 e. The molecule has 1 aliphatic rings. The van der Waals surface area contributed by atoms with Crippen LogP contribution in [0, 0.1) is 17.2 Å². The second kappa shape index (κ2) is 9.65. The van der Waals surface area contributed by atoms with Crippen molar-refractivity contribution in [3.8, 4) is 17.6 Å². The average Bonchev–Trinajstić information content (AvgIpc) is 2.73. The fourth-order valence-electron chi connectivity index (χ4n) is 4.16. The summed E-state index contributed by atoms with van der Waals surface area (Å²) in [4.78, 5) is 3.57. The molecule has 3 rings (SSSR count). The van der Waals surface area contributed by atoms with Crippen molar-refractivity contribution in [3.05, 3.63) is 46.1 Å². The van der Waals surface area contributed by atoms with Gasteiger partial charge in [-0.05, 0) is 60.4 Å². The van der Waals surface area contributed by atoms with Crippen molar-refractivity contribution in [1.82, 2.24) is 0 Å². The molecule has 0 aliphatic heterocycles. The number of ether oxygens (including phenoxy) is 2. The molecule has 0 saturated heterocycles. The highest BCUT2D eigenvalue weighted by Gasteiger charge is 2.25. The molecule has 1 heterocycles. The first kappa shape index (κ1) is 21.0. The normalized spacial score (nSPS) is 13.0. The van der Waals surface area contributed by atoms with Gasteiger partial charge in [0.1, 0.15) is 17.3 Å². The topological polar surface area (TPSA) is 68.4 Å². The monoisotopic (exact) mass is 394 g/mol. The number of aromatic nitrogens is 1. The maximum absolute atomic E-state index is 9.85. The Balaban J connectivity index is 1.81. The molecule has 0 radical (unpaired) electrons. The second-order valence-electron chi connectivity index (χ2n) is 8.09. The summed E-state index contributed by atoms with van der Waals surface area (Å²) < 4.78 is 10.7. The Morgan fingerprint density at radius 3 is 2.48 bits per heavy atom. The van der Waals surface area contributed by atoms with Gasteiger partial charge in [-0.3, -0.25) is 5.32 Å². The molecule has 2 aromatic rings. The zero-order valence-electron chi connectivity index (χ0n) is 18.0. The number of anilines is 1. The van der Waals surface area contributed by atoms with Gasteiger partial charge in [0.15, 0.2) is 11.5 Å². The lowest BCUT2D eigenvalue weighted by Gasteiger charge is -2.20. The summed E-state index contributed by atoms with van der Waals surface area (Å²) >= 11 is 0. The highest BCUT2D eigenvalue weighted by molar-refractivity contribution is 5.56. The molecular formula is C24H32N3O2+. The third kappa shape index (κ3) is 4.82. The molecule has 0 amide bonds. The van der Waals surface area contributed by atoms with Gasteiger partial charge < -0.3 is 9.47 Å². The van der Waals surface area contributed by atoms with Crippen LogP contribution in [0.1, 0.15) is 54.6 Å². The van der Waals surface area contributed by atoms with Gasteiger partial charge in [-0.25, -0.2) is 4.98 Å². The number of aromatic amines is 1. The van der Waals surface area contributed by atoms with Crippen molar-refractivity contribution in [2.75, 3.05) is 26.1 Å². The maximum atomic E-state index is 9.85. The molecule has 5 nitrogen and oxygen atoms in total. The highest BCUT2D eigenvalue weighted by atomic mass is 16.5.